The van der Waals surface area contributed by atoms with Gasteiger partial charge in [0, 0.05) is 0 Å². The van der Waals surface area contributed by atoms with Gasteiger partial charge in [0.25, 0.3) is 0 Å². The van der Waals surface area contributed by atoms with Crippen molar-refractivity contribution in [1.82, 2.24) is 0 Å². The fourth-order valence-electron chi connectivity index (χ4n) is 3.55. The molecule has 0 spiro atoms. The molecule has 0 saturated carbocycles. The number of benzene rings is 2. The zero-order valence-electron chi connectivity index (χ0n) is 10.2. The molecule has 0 heteroatoms. The maximum atomic E-state index is 2.46. The molecule has 0 fully saturated rings. The lowest BCUT2D eigenvalue weighted by molar-refractivity contribution is 0.982. The Labute approximate surface area is 102 Å². The Hall–Kier alpha value is -1.56. The number of allylic oxidation sites excluding steroid dienone is 2. The highest BCUT2D eigenvalue weighted by Crippen LogP contribution is 2.39. The maximum absolute atomic E-state index is 2.46. The van der Waals surface area contributed by atoms with Crippen molar-refractivity contribution in [3.63, 3.8) is 0 Å². The van der Waals surface area contributed by atoms with Crippen LogP contribution >= 0.6 is 0 Å². The van der Waals surface area contributed by atoms with E-state index in [0.717, 1.165) is 0 Å². The second kappa shape index (κ2) is 3.22. The Bertz CT molecular complexity index is 659. The van der Waals surface area contributed by atoms with Crippen LogP contribution in [-0.2, 0) is 19.3 Å². The standard InChI is InChI=1S/C17H16/c1-11-4-2-6-14-15-7-3-5-12-8-9-13(17(12)15)10-16(11)14/h3-5,7,10H,2,6,8-9H2,1H3. The molecule has 0 unspecified atom stereocenters. The van der Waals surface area contributed by atoms with Crippen LogP contribution in [0.2, 0.25) is 0 Å². The van der Waals surface area contributed by atoms with Gasteiger partial charge in [-0.1, -0.05) is 30.3 Å². The summed E-state index contributed by atoms with van der Waals surface area (Å²) in [6.07, 6.45) is 7.28. The predicted octanol–water partition coefficient (Wildman–Crippen LogP) is 4.29. The van der Waals surface area contributed by atoms with Gasteiger partial charge in [-0.25, -0.2) is 0 Å². The Morgan fingerprint density at radius 1 is 1.00 bits per heavy atom. The van der Waals surface area contributed by atoms with Gasteiger partial charge >= 0.3 is 0 Å². The molecule has 0 atom stereocenters. The normalized spacial score (nSPS) is 17.1. The topological polar surface area (TPSA) is 0 Å². The summed E-state index contributed by atoms with van der Waals surface area (Å²) in [5, 5.41) is 3.10. The predicted molar refractivity (Wildman–Crippen MR) is 73.3 cm³/mol. The average Bonchev–Trinajstić information content (AvgIpc) is 2.76. The molecule has 17 heavy (non-hydrogen) atoms. The highest BCUT2D eigenvalue weighted by Gasteiger charge is 2.20. The lowest BCUT2D eigenvalue weighted by atomic mass is 9.86. The van der Waals surface area contributed by atoms with Crippen LogP contribution in [0.25, 0.3) is 16.3 Å². The lowest BCUT2D eigenvalue weighted by Crippen LogP contribution is -2.00. The summed E-state index contributed by atoms with van der Waals surface area (Å²) in [4.78, 5) is 0. The molecule has 0 heterocycles. The zero-order valence-corrected chi connectivity index (χ0v) is 10.2. The van der Waals surface area contributed by atoms with E-state index in [4.69, 9.17) is 0 Å². The van der Waals surface area contributed by atoms with E-state index in [0.29, 0.717) is 0 Å². The van der Waals surface area contributed by atoms with E-state index >= 15 is 0 Å². The van der Waals surface area contributed by atoms with Crippen LogP contribution < -0.4 is 0 Å². The molecule has 2 aliphatic rings. The highest BCUT2D eigenvalue weighted by molar-refractivity contribution is 5.97. The van der Waals surface area contributed by atoms with Crippen molar-refractivity contribution in [2.75, 3.05) is 0 Å². The van der Waals surface area contributed by atoms with Gasteiger partial charge in [0.05, 0.1) is 0 Å². The summed E-state index contributed by atoms with van der Waals surface area (Å²) in [5.74, 6) is 0. The first-order chi connectivity index (χ1) is 8.34. The molecule has 0 aromatic heterocycles. The van der Waals surface area contributed by atoms with E-state index in [2.05, 4.69) is 37.3 Å². The number of fused-ring (bicyclic) bond motifs is 2. The van der Waals surface area contributed by atoms with Crippen LogP contribution in [0.4, 0.5) is 0 Å². The summed E-state index contributed by atoms with van der Waals surface area (Å²) >= 11 is 0. The second-order valence-corrected chi connectivity index (χ2v) is 5.33. The van der Waals surface area contributed by atoms with Crippen molar-refractivity contribution in [2.24, 2.45) is 0 Å². The molecule has 84 valence electrons. The Balaban J connectivity index is 2.19. The van der Waals surface area contributed by atoms with Gasteiger partial charge in [-0.15, -0.1) is 0 Å². The van der Waals surface area contributed by atoms with E-state index in [9.17, 15) is 0 Å². The molecular formula is C17H16. The van der Waals surface area contributed by atoms with Gasteiger partial charge in [0.2, 0.25) is 0 Å². The minimum atomic E-state index is 1.21. The van der Waals surface area contributed by atoms with E-state index in [-0.39, 0.29) is 0 Å². The fourth-order valence-corrected chi connectivity index (χ4v) is 3.55. The van der Waals surface area contributed by atoms with Gasteiger partial charge < -0.3 is 0 Å². The SMILES string of the molecule is CC1=CCCc2c1cc1c3c(cccc23)CC1. The number of rotatable bonds is 0. The zero-order chi connectivity index (χ0) is 11.4. The molecule has 2 aromatic carbocycles. The third kappa shape index (κ3) is 1.18. The first-order valence-corrected chi connectivity index (χ1v) is 6.58. The molecule has 2 aliphatic carbocycles. The van der Waals surface area contributed by atoms with Crippen molar-refractivity contribution < 1.29 is 0 Å². The Kier molecular flexibility index (Phi) is 1.80. The molecule has 0 nitrogen and oxygen atoms in total. The Morgan fingerprint density at radius 3 is 2.82 bits per heavy atom. The summed E-state index contributed by atoms with van der Waals surface area (Å²) in [7, 11) is 0. The van der Waals surface area contributed by atoms with Crippen LogP contribution in [0.5, 0.6) is 0 Å². The van der Waals surface area contributed by atoms with Crippen LogP contribution in [0.3, 0.4) is 0 Å². The first-order valence-electron chi connectivity index (χ1n) is 6.58. The van der Waals surface area contributed by atoms with Gasteiger partial charge in [0.15, 0.2) is 0 Å². The Morgan fingerprint density at radius 2 is 1.88 bits per heavy atom. The van der Waals surface area contributed by atoms with Gasteiger partial charge in [-0.05, 0) is 71.2 Å². The highest BCUT2D eigenvalue weighted by atomic mass is 14.2. The minimum absolute atomic E-state index is 1.21. The molecule has 0 saturated heterocycles. The van der Waals surface area contributed by atoms with E-state index < -0.39 is 0 Å². The molecule has 0 N–H and O–H groups in total. The number of aryl methyl sites for hydroxylation is 3. The van der Waals surface area contributed by atoms with Gasteiger partial charge in [-0.3, -0.25) is 0 Å². The van der Waals surface area contributed by atoms with Crippen LogP contribution in [-0.4, -0.2) is 0 Å². The quantitative estimate of drug-likeness (QED) is 0.621. The molecule has 0 bridgehead atoms. The molecule has 4 rings (SSSR count). The fraction of sp³-hybridized carbons (Fsp3) is 0.294. The van der Waals surface area contributed by atoms with Crippen LogP contribution in [0.1, 0.15) is 35.6 Å². The van der Waals surface area contributed by atoms with Crippen LogP contribution in [0, 0.1) is 0 Å². The van der Waals surface area contributed by atoms with Gasteiger partial charge in [-0.2, -0.15) is 0 Å². The third-order valence-corrected chi connectivity index (χ3v) is 4.37. The summed E-state index contributed by atoms with van der Waals surface area (Å²) in [6.45, 7) is 2.26. The monoisotopic (exact) mass is 220 g/mol. The van der Waals surface area contributed by atoms with E-state index in [1.54, 1.807) is 22.1 Å². The average molecular weight is 220 g/mol. The second-order valence-electron chi connectivity index (χ2n) is 5.33. The molecular weight excluding hydrogens is 204 g/mol. The lowest BCUT2D eigenvalue weighted by Gasteiger charge is -2.19. The molecule has 2 aromatic rings. The van der Waals surface area contributed by atoms with Crippen molar-refractivity contribution in [3.8, 4) is 0 Å². The smallest absolute Gasteiger partial charge is 0.0116 e. The summed E-state index contributed by atoms with van der Waals surface area (Å²) < 4.78 is 0. The van der Waals surface area contributed by atoms with Crippen molar-refractivity contribution in [1.29, 1.82) is 0 Å². The van der Waals surface area contributed by atoms with Gasteiger partial charge in [0.1, 0.15) is 0 Å². The third-order valence-electron chi connectivity index (χ3n) is 4.37. The number of hydrogen-bond acceptors (Lipinski definition) is 0. The van der Waals surface area contributed by atoms with E-state index in [1.165, 1.54) is 42.2 Å². The van der Waals surface area contributed by atoms with Crippen LogP contribution in [0.15, 0.2) is 30.3 Å². The molecule has 0 aliphatic heterocycles. The van der Waals surface area contributed by atoms with Crippen molar-refractivity contribution in [2.45, 2.75) is 32.6 Å². The summed E-state index contributed by atoms with van der Waals surface area (Å²) in [6, 6.07) is 9.32. The maximum Gasteiger partial charge on any atom is -0.0116 e. The molecule has 0 radical (unpaired) electrons. The minimum Gasteiger partial charge on any atom is -0.0807 e. The van der Waals surface area contributed by atoms with Crippen molar-refractivity contribution >= 4 is 16.3 Å². The van der Waals surface area contributed by atoms with Crippen molar-refractivity contribution in [3.05, 3.63) is 52.6 Å². The largest absolute Gasteiger partial charge is 0.0807 e. The summed E-state index contributed by atoms with van der Waals surface area (Å²) in [5.41, 5.74) is 7.71. The van der Waals surface area contributed by atoms with E-state index in [1.807, 2.05) is 0 Å². The number of hydrogen-bond donors (Lipinski definition) is 0. The first kappa shape index (κ1) is 9.47. The molecule has 0 amide bonds.